The fourth-order valence-electron chi connectivity index (χ4n) is 3.40. The first kappa shape index (κ1) is 15.3. The Morgan fingerprint density at radius 3 is 3.14 bits per heavy atom. The third-order valence-electron chi connectivity index (χ3n) is 4.65. The van der Waals surface area contributed by atoms with Crippen molar-refractivity contribution in [3.63, 3.8) is 0 Å². The minimum Gasteiger partial charge on any atom is -0.482 e. The number of amides is 1. The molecule has 2 aliphatic rings. The van der Waals surface area contributed by atoms with Crippen molar-refractivity contribution < 1.29 is 14.6 Å². The van der Waals surface area contributed by atoms with Gasteiger partial charge in [0.25, 0.3) is 5.91 Å². The van der Waals surface area contributed by atoms with E-state index in [1.807, 2.05) is 18.2 Å². The van der Waals surface area contributed by atoms with Crippen LogP contribution in [0.4, 0.5) is 5.69 Å². The number of hydrogen-bond donors (Lipinski definition) is 2. The number of nitrogens with zero attached hydrogens (tertiary/aromatic N) is 1. The highest BCUT2D eigenvalue weighted by Crippen LogP contribution is 2.31. The van der Waals surface area contributed by atoms with Gasteiger partial charge in [0, 0.05) is 12.6 Å². The Hall–Kier alpha value is -1.59. The highest BCUT2D eigenvalue weighted by molar-refractivity contribution is 5.95. The van der Waals surface area contributed by atoms with Crippen LogP contribution in [-0.2, 0) is 4.79 Å². The van der Waals surface area contributed by atoms with Gasteiger partial charge >= 0.3 is 0 Å². The van der Waals surface area contributed by atoms with Crippen molar-refractivity contribution in [2.75, 3.05) is 25.0 Å². The topological polar surface area (TPSA) is 61.8 Å². The first-order chi connectivity index (χ1) is 10.7. The largest absolute Gasteiger partial charge is 0.482 e. The quantitative estimate of drug-likeness (QED) is 0.896. The monoisotopic (exact) mass is 304 g/mol. The first-order valence-electron chi connectivity index (χ1n) is 8.16. The fourth-order valence-corrected chi connectivity index (χ4v) is 3.40. The number of carbonyl (C=O) groups excluding carboxylic acids is 1. The summed E-state index contributed by atoms with van der Waals surface area (Å²) in [6, 6.07) is 6.10. The van der Waals surface area contributed by atoms with Gasteiger partial charge in [-0.3, -0.25) is 9.69 Å². The number of ether oxygens (including phenoxy) is 1. The van der Waals surface area contributed by atoms with Gasteiger partial charge in [-0.05, 0) is 43.5 Å². The number of fused-ring (bicyclic) bond motifs is 1. The van der Waals surface area contributed by atoms with E-state index >= 15 is 0 Å². The van der Waals surface area contributed by atoms with E-state index in [9.17, 15) is 9.90 Å². The Morgan fingerprint density at radius 1 is 1.45 bits per heavy atom. The molecule has 1 aromatic rings. The van der Waals surface area contributed by atoms with Crippen LogP contribution in [0.1, 0.15) is 44.3 Å². The van der Waals surface area contributed by atoms with Crippen molar-refractivity contribution in [2.24, 2.45) is 0 Å². The van der Waals surface area contributed by atoms with Gasteiger partial charge < -0.3 is 15.2 Å². The number of rotatable bonds is 4. The molecule has 5 nitrogen and oxygen atoms in total. The number of nitrogens with one attached hydrogen (secondary N) is 1. The molecular weight excluding hydrogens is 280 g/mol. The van der Waals surface area contributed by atoms with E-state index in [0.717, 1.165) is 18.5 Å². The van der Waals surface area contributed by atoms with Gasteiger partial charge in [-0.25, -0.2) is 0 Å². The van der Waals surface area contributed by atoms with Crippen molar-refractivity contribution in [2.45, 2.75) is 44.8 Å². The minimum absolute atomic E-state index is 0.0564. The molecule has 1 amide bonds. The second-order valence-electron chi connectivity index (χ2n) is 6.16. The van der Waals surface area contributed by atoms with Crippen molar-refractivity contribution in [1.29, 1.82) is 0 Å². The van der Waals surface area contributed by atoms with E-state index < -0.39 is 6.10 Å². The zero-order valence-electron chi connectivity index (χ0n) is 13.0. The van der Waals surface area contributed by atoms with Crippen LogP contribution in [0.5, 0.6) is 5.75 Å². The van der Waals surface area contributed by atoms with Crippen LogP contribution >= 0.6 is 0 Å². The number of aliphatic hydroxyl groups is 1. The van der Waals surface area contributed by atoms with Gasteiger partial charge in [0.1, 0.15) is 5.75 Å². The smallest absolute Gasteiger partial charge is 0.262 e. The van der Waals surface area contributed by atoms with Crippen LogP contribution in [0.25, 0.3) is 0 Å². The average molecular weight is 304 g/mol. The van der Waals surface area contributed by atoms with Gasteiger partial charge in [0.15, 0.2) is 6.61 Å². The summed E-state index contributed by atoms with van der Waals surface area (Å²) in [5, 5.41) is 13.3. The number of β-amino-alcohol motifs (C(OH)–C–C–N with tert-alkyl or cyclic N) is 1. The molecule has 1 saturated heterocycles. The summed E-state index contributed by atoms with van der Waals surface area (Å²) in [6.45, 7) is 3.97. The first-order valence-corrected chi connectivity index (χ1v) is 8.16. The van der Waals surface area contributed by atoms with Crippen molar-refractivity contribution in [3.8, 4) is 5.75 Å². The summed E-state index contributed by atoms with van der Waals surface area (Å²) in [5.74, 6) is 0.515. The Kier molecular flexibility index (Phi) is 4.64. The van der Waals surface area contributed by atoms with E-state index in [4.69, 9.17) is 4.74 Å². The van der Waals surface area contributed by atoms with Crippen LogP contribution in [0.3, 0.4) is 0 Å². The Labute approximate surface area is 131 Å². The molecule has 1 fully saturated rings. The van der Waals surface area contributed by atoms with E-state index in [0.29, 0.717) is 24.0 Å². The Morgan fingerprint density at radius 2 is 2.32 bits per heavy atom. The molecular formula is C17H24N2O3. The third kappa shape index (κ3) is 3.25. The summed E-state index contributed by atoms with van der Waals surface area (Å²) in [6.07, 6.45) is 4.29. The number of carbonyl (C=O) groups is 1. The lowest BCUT2D eigenvalue weighted by Gasteiger charge is -2.36. The second-order valence-corrected chi connectivity index (χ2v) is 6.16. The summed E-state index contributed by atoms with van der Waals surface area (Å²) in [5.41, 5.74) is 1.48. The molecule has 0 bridgehead atoms. The molecule has 5 heteroatoms. The molecule has 0 aromatic heterocycles. The van der Waals surface area contributed by atoms with Crippen molar-refractivity contribution in [3.05, 3.63) is 23.8 Å². The third-order valence-corrected chi connectivity index (χ3v) is 4.65. The molecule has 2 heterocycles. The van der Waals surface area contributed by atoms with E-state index in [1.165, 1.54) is 19.3 Å². The van der Waals surface area contributed by atoms with Gasteiger partial charge in [-0.15, -0.1) is 0 Å². The SMILES string of the molecule is CCC1CCCCN1CC(O)c1ccc2c(c1)NC(=O)CO2. The molecule has 2 atom stereocenters. The van der Waals surface area contributed by atoms with E-state index in [1.54, 1.807) is 0 Å². The molecule has 2 N–H and O–H groups in total. The number of anilines is 1. The molecule has 2 aliphatic heterocycles. The molecule has 0 aliphatic carbocycles. The van der Waals surface area contributed by atoms with Crippen LogP contribution in [0, 0.1) is 0 Å². The maximum Gasteiger partial charge on any atom is 0.262 e. The molecule has 120 valence electrons. The lowest BCUT2D eigenvalue weighted by atomic mass is 9.98. The highest BCUT2D eigenvalue weighted by atomic mass is 16.5. The normalized spacial score (nSPS) is 23.4. The average Bonchev–Trinajstić information content (AvgIpc) is 2.54. The van der Waals surface area contributed by atoms with Gasteiger partial charge in [-0.1, -0.05) is 19.4 Å². The zero-order chi connectivity index (χ0) is 15.5. The molecule has 2 unspecified atom stereocenters. The molecule has 0 spiro atoms. The summed E-state index contributed by atoms with van der Waals surface area (Å²) >= 11 is 0. The predicted molar refractivity (Wildman–Crippen MR) is 85.0 cm³/mol. The fraction of sp³-hybridized carbons (Fsp3) is 0.588. The standard InChI is InChI=1S/C17H24N2O3/c1-2-13-5-3-4-8-19(13)10-15(20)12-6-7-16-14(9-12)18-17(21)11-22-16/h6-7,9,13,15,20H,2-5,8,10-11H2,1H3,(H,18,21). The van der Waals surface area contributed by atoms with Gasteiger partial charge in [0.05, 0.1) is 11.8 Å². The number of aliphatic hydroxyl groups excluding tert-OH is 1. The molecule has 0 saturated carbocycles. The van der Waals surface area contributed by atoms with Crippen LogP contribution in [0.2, 0.25) is 0 Å². The lowest BCUT2D eigenvalue weighted by Crippen LogP contribution is -2.41. The lowest BCUT2D eigenvalue weighted by molar-refractivity contribution is -0.118. The summed E-state index contributed by atoms with van der Waals surface area (Å²) in [7, 11) is 0. The maximum absolute atomic E-state index is 11.4. The molecule has 1 aromatic carbocycles. The number of likely N-dealkylation sites (tertiary alicyclic amines) is 1. The Bertz CT molecular complexity index is 547. The van der Waals surface area contributed by atoms with Crippen LogP contribution in [-0.4, -0.2) is 41.7 Å². The second kappa shape index (κ2) is 6.67. The number of benzene rings is 1. The number of hydrogen-bond acceptors (Lipinski definition) is 4. The molecule has 22 heavy (non-hydrogen) atoms. The highest BCUT2D eigenvalue weighted by Gasteiger charge is 2.24. The zero-order valence-corrected chi connectivity index (χ0v) is 13.0. The number of piperidine rings is 1. The predicted octanol–water partition coefficient (Wildman–Crippen LogP) is 2.32. The van der Waals surface area contributed by atoms with E-state index in [2.05, 4.69) is 17.1 Å². The van der Waals surface area contributed by atoms with Gasteiger partial charge in [0.2, 0.25) is 0 Å². The molecule has 3 rings (SSSR count). The van der Waals surface area contributed by atoms with E-state index in [-0.39, 0.29) is 12.5 Å². The van der Waals surface area contributed by atoms with Gasteiger partial charge in [-0.2, -0.15) is 0 Å². The summed E-state index contributed by atoms with van der Waals surface area (Å²) in [4.78, 5) is 13.8. The molecule has 0 radical (unpaired) electrons. The summed E-state index contributed by atoms with van der Waals surface area (Å²) < 4.78 is 5.35. The maximum atomic E-state index is 11.4. The van der Waals surface area contributed by atoms with Crippen LogP contribution in [0.15, 0.2) is 18.2 Å². The van der Waals surface area contributed by atoms with Crippen LogP contribution < -0.4 is 10.1 Å². The minimum atomic E-state index is -0.545. The van der Waals surface area contributed by atoms with Crippen molar-refractivity contribution in [1.82, 2.24) is 4.90 Å². The van der Waals surface area contributed by atoms with Crippen molar-refractivity contribution >= 4 is 11.6 Å². The Balaban J connectivity index is 1.70.